The predicted molar refractivity (Wildman–Crippen MR) is 59.7 cm³/mol. The molecule has 0 radical (unpaired) electrons. The highest BCUT2D eigenvalue weighted by Gasteiger charge is 2.05. The van der Waals surface area contributed by atoms with Gasteiger partial charge in [-0.2, -0.15) is 0 Å². The van der Waals surface area contributed by atoms with Crippen LogP contribution in [0.1, 0.15) is 0 Å². The Bertz CT molecular complexity index is 457. The summed E-state index contributed by atoms with van der Waals surface area (Å²) in [6.07, 6.45) is 1.94. The van der Waals surface area contributed by atoms with Gasteiger partial charge in [0, 0.05) is 24.5 Å². The molecule has 2 rings (SSSR count). The molecule has 3 heteroatoms. The van der Waals surface area contributed by atoms with Crippen LogP contribution in [0.4, 0.5) is 11.5 Å². The first-order valence-corrected chi connectivity index (χ1v) is 4.45. The molecule has 0 bridgehead atoms. The number of nitrogens with two attached hydrogens (primary N) is 2. The van der Waals surface area contributed by atoms with Crippen LogP contribution in [0.5, 0.6) is 0 Å². The van der Waals surface area contributed by atoms with Crippen molar-refractivity contribution in [1.29, 1.82) is 0 Å². The highest BCUT2D eigenvalue weighted by atomic mass is 15.0. The Morgan fingerprint density at radius 3 is 2.50 bits per heavy atom. The van der Waals surface area contributed by atoms with E-state index in [1.54, 1.807) is 0 Å². The van der Waals surface area contributed by atoms with Gasteiger partial charge in [-0.1, -0.05) is 12.1 Å². The van der Waals surface area contributed by atoms with Crippen molar-refractivity contribution in [1.82, 2.24) is 4.57 Å². The Balaban J connectivity index is 2.55. The molecule has 0 amide bonds. The fraction of sp³-hybridized carbons (Fsp3) is 0.0909. The Hall–Kier alpha value is -1.90. The quantitative estimate of drug-likeness (QED) is 0.669. The average molecular weight is 187 g/mol. The number of nitrogen functional groups attached to an aromatic ring is 2. The monoisotopic (exact) mass is 187 g/mol. The Kier molecular flexibility index (Phi) is 1.93. The van der Waals surface area contributed by atoms with Crippen LogP contribution >= 0.6 is 0 Å². The number of hydrogen-bond acceptors (Lipinski definition) is 2. The van der Waals surface area contributed by atoms with Crippen molar-refractivity contribution in [2.24, 2.45) is 7.05 Å². The van der Waals surface area contributed by atoms with Crippen LogP contribution in [0.2, 0.25) is 0 Å². The third-order valence-corrected chi connectivity index (χ3v) is 2.32. The molecule has 14 heavy (non-hydrogen) atoms. The number of rotatable bonds is 1. The summed E-state index contributed by atoms with van der Waals surface area (Å²) in [5.41, 5.74) is 14.5. The lowest BCUT2D eigenvalue weighted by atomic mass is 10.1. The fourth-order valence-electron chi connectivity index (χ4n) is 1.49. The molecular weight excluding hydrogens is 174 g/mol. The van der Waals surface area contributed by atoms with Gasteiger partial charge in [-0.05, 0) is 23.8 Å². The van der Waals surface area contributed by atoms with Crippen molar-refractivity contribution >= 4 is 11.5 Å². The van der Waals surface area contributed by atoms with Crippen LogP contribution in [-0.4, -0.2) is 4.57 Å². The summed E-state index contributed by atoms with van der Waals surface area (Å²) in [5, 5.41) is 0. The van der Waals surface area contributed by atoms with E-state index in [9.17, 15) is 0 Å². The Morgan fingerprint density at radius 1 is 1.14 bits per heavy atom. The molecule has 0 spiro atoms. The zero-order chi connectivity index (χ0) is 10.1. The van der Waals surface area contributed by atoms with Crippen molar-refractivity contribution in [2.45, 2.75) is 0 Å². The number of hydrogen-bond donors (Lipinski definition) is 2. The summed E-state index contributed by atoms with van der Waals surface area (Å²) < 4.78 is 1.89. The van der Waals surface area contributed by atoms with E-state index < -0.39 is 0 Å². The molecule has 72 valence electrons. The third kappa shape index (κ3) is 1.33. The van der Waals surface area contributed by atoms with E-state index in [2.05, 4.69) is 0 Å². The lowest BCUT2D eigenvalue weighted by Gasteiger charge is -2.02. The normalized spacial score (nSPS) is 10.4. The molecule has 0 fully saturated rings. The van der Waals surface area contributed by atoms with E-state index in [-0.39, 0.29) is 0 Å². The topological polar surface area (TPSA) is 57.0 Å². The van der Waals surface area contributed by atoms with Crippen molar-refractivity contribution < 1.29 is 0 Å². The van der Waals surface area contributed by atoms with E-state index in [1.165, 1.54) is 0 Å². The van der Waals surface area contributed by atoms with Crippen molar-refractivity contribution in [3.63, 3.8) is 0 Å². The van der Waals surface area contributed by atoms with E-state index in [0.717, 1.165) is 22.6 Å². The second-order valence-corrected chi connectivity index (χ2v) is 3.35. The first-order chi connectivity index (χ1) is 6.68. The summed E-state index contributed by atoms with van der Waals surface area (Å²) in [4.78, 5) is 0. The Labute approximate surface area is 83.0 Å². The van der Waals surface area contributed by atoms with Crippen LogP contribution < -0.4 is 11.5 Å². The van der Waals surface area contributed by atoms with Crippen LogP contribution in [0.3, 0.4) is 0 Å². The second kappa shape index (κ2) is 3.10. The molecule has 0 aliphatic heterocycles. The van der Waals surface area contributed by atoms with Crippen LogP contribution in [0, 0.1) is 0 Å². The van der Waals surface area contributed by atoms with Gasteiger partial charge in [0.15, 0.2) is 0 Å². The summed E-state index contributed by atoms with van der Waals surface area (Å²) in [6.45, 7) is 0. The largest absolute Gasteiger partial charge is 0.399 e. The minimum Gasteiger partial charge on any atom is -0.399 e. The maximum Gasteiger partial charge on any atom is 0.111 e. The molecule has 1 aromatic heterocycles. The van der Waals surface area contributed by atoms with E-state index >= 15 is 0 Å². The third-order valence-electron chi connectivity index (χ3n) is 2.32. The lowest BCUT2D eigenvalue weighted by Crippen LogP contribution is -1.95. The molecule has 0 saturated carbocycles. The second-order valence-electron chi connectivity index (χ2n) is 3.35. The summed E-state index contributed by atoms with van der Waals surface area (Å²) in [5.74, 6) is 0.760. The standard InChI is InChI=1S/C11H13N3/c1-14-6-5-10(11(14)13)8-3-2-4-9(12)7-8/h2-7H,12-13H2,1H3. The minimum atomic E-state index is 0.755. The van der Waals surface area contributed by atoms with Crippen molar-refractivity contribution in [2.75, 3.05) is 11.5 Å². The van der Waals surface area contributed by atoms with Gasteiger partial charge in [-0.3, -0.25) is 0 Å². The average Bonchev–Trinajstić information content (AvgIpc) is 2.48. The number of aryl methyl sites for hydroxylation is 1. The van der Waals surface area contributed by atoms with Gasteiger partial charge < -0.3 is 16.0 Å². The predicted octanol–water partition coefficient (Wildman–Crippen LogP) is 1.86. The summed E-state index contributed by atoms with van der Waals surface area (Å²) >= 11 is 0. The first kappa shape index (κ1) is 8.69. The maximum absolute atomic E-state index is 5.91. The molecule has 0 aliphatic carbocycles. The van der Waals surface area contributed by atoms with Crippen LogP contribution in [-0.2, 0) is 7.05 Å². The molecule has 0 aliphatic rings. The fourth-order valence-corrected chi connectivity index (χ4v) is 1.49. The number of anilines is 2. The number of aromatic nitrogens is 1. The highest BCUT2D eigenvalue weighted by Crippen LogP contribution is 2.27. The van der Waals surface area contributed by atoms with Crippen molar-refractivity contribution in [3.8, 4) is 11.1 Å². The van der Waals surface area contributed by atoms with E-state index in [0.29, 0.717) is 0 Å². The maximum atomic E-state index is 5.91. The van der Waals surface area contributed by atoms with Gasteiger partial charge in [0.25, 0.3) is 0 Å². The zero-order valence-electron chi connectivity index (χ0n) is 8.07. The SMILES string of the molecule is Cn1ccc(-c2cccc(N)c2)c1N. The first-order valence-electron chi connectivity index (χ1n) is 4.45. The van der Waals surface area contributed by atoms with Gasteiger partial charge >= 0.3 is 0 Å². The van der Waals surface area contributed by atoms with Gasteiger partial charge in [-0.25, -0.2) is 0 Å². The van der Waals surface area contributed by atoms with Crippen LogP contribution in [0.25, 0.3) is 11.1 Å². The number of nitrogens with zero attached hydrogens (tertiary/aromatic N) is 1. The van der Waals surface area contributed by atoms with Crippen molar-refractivity contribution in [3.05, 3.63) is 36.5 Å². The number of benzene rings is 1. The molecular formula is C11H13N3. The zero-order valence-corrected chi connectivity index (χ0v) is 8.07. The molecule has 1 heterocycles. The molecule has 1 aromatic carbocycles. The minimum absolute atomic E-state index is 0.755. The van der Waals surface area contributed by atoms with Gasteiger partial charge in [0.05, 0.1) is 0 Å². The molecule has 3 nitrogen and oxygen atoms in total. The van der Waals surface area contributed by atoms with Gasteiger partial charge in [0.1, 0.15) is 5.82 Å². The highest BCUT2D eigenvalue weighted by molar-refractivity contribution is 5.76. The smallest absolute Gasteiger partial charge is 0.111 e. The summed E-state index contributed by atoms with van der Waals surface area (Å²) in [6, 6.07) is 9.71. The lowest BCUT2D eigenvalue weighted by molar-refractivity contribution is 0.942. The summed E-state index contributed by atoms with van der Waals surface area (Å²) in [7, 11) is 1.92. The Morgan fingerprint density at radius 2 is 1.93 bits per heavy atom. The molecule has 0 unspecified atom stereocenters. The van der Waals surface area contributed by atoms with E-state index in [1.807, 2.05) is 48.1 Å². The van der Waals surface area contributed by atoms with Gasteiger partial charge in [0.2, 0.25) is 0 Å². The molecule has 0 saturated heterocycles. The van der Waals surface area contributed by atoms with E-state index in [4.69, 9.17) is 11.5 Å². The molecule has 4 N–H and O–H groups in total. The molecule has 2 aromatic rings. The van der Waals surface area contributed by atoms with Gasteiger partial charge in [-0.15, -0.1) is 0 Å². The van der Waals surface area contributed by atoms with Crippen LogP contribution in [0.15, 0.2) is 36.5 Å². The molecule has 0 atom stereocenters.